The van der Waals surface area contributed by atoms with Gasteiger partial charge >= 0.3 is 6.18 Å². The van der Waals surface area contributed by atoms with Gasteiger partial charge in [-0.05, 0) is 25.1 Å². The molecule has 138 valence electrons. The van der Waals surface area contributed by atoms with Crippen molar-refractivity contribution in [3.8, 4) is 0 Å². The Labute approximate surface area is 150 Å². The Morgan fingerprint density at radius 1 is 1.15 bits per heavy atom. The van der Waals surface area contributed by atoms with E-state index in [2.05, 4.69) is 5.43 Å². The van der Waals surface area contributed by atoms with Crippen LogP contribution in [0.15, 0.2) is 41.3 Å². The molecule has 2 rings (SSSR count). The summed E-state index contributed by atoms with van der Waals surface area (Å²) in [6.07, 6.45) is -4.25. The number of carbonyl (C=O) groups excluding carboxylic acids is 2. The molecule has 26 heavy (non-hydrogen) atoms. The Kier molecular flexibility index (Phi) is 5.71. The minimum absolute atomic E-state index is 0.273. The Morgan fingerprint density at radius 3 is 2.35 bits per heavy atom. The molecule has 2 N–H and O–H groups in total. The van der Waals surface area contributed by atoms with Crippen LogP contribution in [0.4, 0.5) is 13.2 Å². The third-order valence-corrected chi connectivity index (χ3v) is 3.58. The smallest absolute Gasteiger partial charge is 0.304 e. The van der Waals surface area contributed by atoms with Gasteiger partial charge in [-0.2, -0.15) is 13.2 Å². The minimum Gasteiger partial charge on any atom is -0.304 e. The zero-order valence-corrected chi connectivity index (χ0v) is 14.1. The van der Waals surface area contributed by atoms with Crippen LogP contribution in [0.25, 0.3) is 0 Å². The highest BCUT2D eigenvalue weighted by Crippen LogP contribution is 2.29. The minimum atomic E-state index is -4.73. The van der Waals surface area contributed by atoms with Crippen molar-refractivity contribution in [3.63, 3.8) is 0 Å². The van der Waals surface area contributed by atoms with Crippen molar-refractivity contribution in [2.45, 2.75) is 19.6 Å². The van der Waals surface area contributed by atoms with E-state index in [4.69, 9.17) is 11.6 Å². The molecule has 2 amide bonds. The van der Waals surface area contributed by atoms with Crippen LogP contribution in [0.1, 0.15) is 21.5 Å². The number of nitrogens with one attached hydrogen (secondary N) is 2. The SMILES string of the molecule is Cc1ccc(C(=O)NNC(=O)Cn2cc(C(F)(F)F)cc(Cl)c2=O)cc1. The van der Waals surface area contributed by atoms with E-state index >= 15 is 0 Å². The van der Waals surface area contributed by atoms with Crippen LogP contribution in [0.3, 0.4) is 0 Å². The summed E-state index contributed by atoms with van der Waals surface area (Å²) in [5, 5.41) is -0.670. The number of alkyl halides is 3. The van der Waals surface area contributed by atoms with Gasteiger partial charge < -0.3 is 4.57 Å². The van der Waals surface area contributed by atoms with Crippen molar-refractivity contribution in [1.82, 2.24) is 15.4 Å². The van der Waals surface area contributed by atoms with Gasteiger partial charge in [-0.15, -0.1) is 0 Å². The molecule has 0 fully saturated rings. The average Bonchev–Trinajstić information content (AvgIpc) is 2.56. The number of hydrogen-bond acceptors (Lipinski definition) is 3. The highest BCUT2D eigenvalue weighted by Gasteiger charge is 2.32. The quantitative estimate of drug-likeness (QED) is 0.793. The molecule has 1 aromatic heterocycles. The van der Waals surface area contributed by atoms with Crippen molar-refractivity contribution in [3.05, 3.63) is 68.6 Å². The van der Waals surface area contributed by atoms with Crippen molar-refractivity contribution in [1.29, 1.82) is 0 Å². The molecule has 0 aliphatic heterocycles. The molecule has 6 nitrogen and oxygen atoms in total. The molecule has 0 atom stereocenters. The first-order valence-electron chi connectivity index (χ1n) is 7.21. The number of hydrazine groups is 1. The van der Waals surface area contributed by atoms with Crippen LogP contribution in [-0.2, 0) is 17.5 Å². The molecule has 0 bridgehead atoms. The molecule has 1 heterocycles. The number of amides is 2. The predicted molar refractivity (Wildman–Crippen MR) is 87.5 cm³/mol. The summed E-state index contributed by atoms with van der Waals surface area (Å²) in [6, 6.07) is 6.95. The number of pyridine rings is 1. The number of nitrogens with zero attached hydrogens (tertiary/aromatic N) is 1. The second kappa shape index (κ2) is 7.61. The predicted octanol–water partition coefficient (Wildman–Crippen LogP) is 2.29. The lowest BCUT2D eigenvalue weighted by Crippen LogP contribution is -2.44. The van der Waals surface area contributed by atoms with Crippen molar-refractivity contribution >= 4 is 23.4 Å². The van der Waals surface area contributed by atoms with Gasteiger partial charge in [-0.25, -0.2) is 0 Å². The van der Waals surface area contributed by atoms with Crippen molar-refractivity contribution in [2.24, 2.45) is 0 Å². The molecule has 0 aliphatic rings. The summed E-state index contributed by atoms with van der Waals surface area (Å²) < 4.78 is 38.8. The maximum absolute atomic E-state index is 12.8. The van der Waals surface area contributed by atoms with E-state index in [-0.39, 0.29) is 5.56 Å². The van der Waals surface area contributed by atoms with Crippen LogP contribution in [0.2, 0.25) is 5.02 Å². The zero-order chi connectivity index (χ0) is 19.5. The first kappa shape index (κ1) is 19.5. The summed E-state index contributed by atoms with van der Waals surface area (Å²) in [4.78, 5) is 35.4. The molecule has 0 unspecified atom stereocenters. The van der Waals surface area contributed by atoms with Crippen molar-refractivity contribution in [2.75, 3.05) is 0 Å². The van der Waals surface area contributed by atoms with Crippen LogP contribution < -0.4 is 16.4 Å². The number of hydrogen-bond donors (Lipinski definition) is 2. The summed E-state index contributed by atoms with van der Waals surface area (Å²) in [7, 11) is 0. The molecule has 0 aliphatic carbocycles. The van der Waals surface area contributed by atoms with Crippen LogP contribution in [-0.4, -0.2) is 16.4 Å². The molecule has 0 radical (unpaired) electrons. The van der Waals surface area contributed by atoms with E-state index in [0.29, 0.717) is 16.8 Å². The Morgan fingerprint density at radius 2 is 1.77 bits per heavy atom. The lowest BCUT2D eigenvalue weighted by molar-refractivity contribution is -0.138. The van der Waals surface area contributed by atoms with Gasteiger partial charge in [0.25, 0.3) is 17.4 Å². The fourth-order valence-corrected chi connectivity index (χ4v) is 2.20. The second-order valence-corrected chi connectivity index (χ2v) is 5.78. The number of halogens is 4. The van der Waals surface area contributed by atoms with Crippen LogP contribution in [0, 0.1) is 6.92 Å². The van der Waals surface area contributed by atoms with E-state index in [1.807, 2.05) is 12.3 Å². The highest BCUT2D eigenvalue weighted by atomic mass is 35.5. The van der Waals surface area contributed by atoms with Gasteiger partial charge in [0.15, 0.2) is 0 Å². The normalized spacial score (nSPS) is 11.1. The lowest BCUT2D eigenvalue weighted by Gasteiger charge is -2.12. The third kappa shape index (κ3) is 4.85. The fraction of sp³-hybridized carbons (Fsp3) is 0.188. The Hall–Kier alpha value is -2.81. The maximum Gasteiger partial charge on any atom is 0.417 e. The molecule has 2 aromatic rings. The van der Waals surface area contributed by atoms with E-state index in [1.165, 1.54) is 12.1 Å². The summed E-state index contributed by atoms with van der Waals surface area (Å²) >= 11 is 5.49. The summed E-state index contributed by atoms with van der Waals surface area (Å²) in [5.74, 6) is -1.52. The van der Waals surface area contributed by atoms with E-state index in [0.717, 1.165) is 5.56 Å². The van der Waals surface area contributed by atoms with Gasteiger partial charge in [0.05, 0.1) is 5.56 Å². The number of benzene rings is 1. The van der Waals surface area contributed by atoms with Gasteiger partial charge in [0, 0.05) is 11.8 Å². The van der Waals surface area contributed by atoms with Crippen molar-refractivity contribution < 1.29 is 22.8 Å². The van der Waals surface area contributed by atoms with E-state index in [1.54, 1.807) is 12.1 Å². The number of aromatic nitrogens is 1. The molecule has 0 saturated carbocycles. The monoisotopic (exact) mass is 387 g/mol. The summed E-state index contributed by atoms with van der Waals surface area (Å²) in [5.41, 5.74) is 3.22. The average molecular weight is 388 g/mol. The highest BCUT2D eigenvalue weighted by molar-refractivity contribution is 6.30. The van der Waals surface area contributed by atoms with Crippen LogP contribution in [0.5, 0.6) is 0 Å². The number of carbonyl (C=O) groups is 2. The molecular formula is C16H13ClF3N3O3. The van der Waals surface area contributed by atoms with Gasteiger partial charge in [-0.3, -0.25) is 25.2 Å². The Balaban J connectivity index is 2.06. The molecule has 0 spiro atoms. The first-order chi connectivity index (χ1) is 12.1. The Bertz CT molecular complexity index is 892. The molecule has 10 heteroatoms. The van der Waals surface area contributed by atoms with Gasteiger partial charge in [0.1, 0.15) is 11.6 Å². The maximum atomic E-state index is 12.8. The zero-order valence-electron chi connectivity index (χ0n) is 13.4. The van der Waals surface area contributed by atoms with E-state index < -0.39 is 40.7 Å². The topological polar surface area (TPSA) is 80.2 Å². The lowest BCUT2D eigenvalue weighted by atomic mass is 10.1. The molecular weight excluding hydrogens is 375 g/mol. The van der Waals surface area contributed by atoms with Gasteiger partial charge in [-0.1, -0.05) is 29.3 Å². The fourth-order valence-electron chi connectivity index (χ4n) is 1.97. The summed E-state index contributed by atoms with van der Waals surface area (Å²) in [6.45, 7) is 1.08. The first-order valence-corrected chi connectivity index (χ1v) is 7.59. The number of aryl methyl sites for hydroxylation is 1. The second-order valence-electron chi connectivity index (χ2n) is 5.38. The third-order valence-electron chi connectivity index (χ3n) is 3.31. The number of rotatable bonds is 3. The standard InChI is InChI=1S/C16H13ClF3N3O3/c1-9-2-4-10(5-3-9)14(25)22-21-13(24)8-23-7-11(16(18,19)20)6-12(17)15(23)26/h2-7H,8H2,1H3,(H,21,24)(H,22,25). The molecule has 0 saturated heterocycles. The van der Waals surface area contributed by atoms with Crippen LogP contribution >= 0.6 is 11.6 Å². The van der Waals surface area contributed by atoms with Gasteiger partial charge in [0.2, 0.25) is 0 Å². The molecule has 1 aromatic carbocycles. The van der Waals surface area contributed by atoms with E-state index in [9.17, 15) is 27.6 Å². The largest absolute Gasteiger partial charge is 0.417 e.